The lowest BCUT2D eigenvalue weighted by Crippen LogP contribution is -2.16. The SMILES string of the molecule is COc1cc(CO)cc(Br)c1OC1CCOC1. The van der Waals surface area contributed by atoms with Crippen molar-refractivity contribution < 1.29 is 19.3 Å². The Morgan fingerprint density at radius 2 is 2.35 bits per heavy atom. The molecule has 1 saturated heterocycles. The molecule has 1 N–H and O–H groups in total. The summed E-state index contributed by atoms with van der Waals surface area (Å²) in [6, 6.07) is 3.60. The summed E-state index contributed by atoms with van der Waals surface area (Å²) in [5, 5.41) is 9.12. The molecule has 1 fully saturated rings. The van der Waals surface area contributed by atoms with Gasteiger partial charge >= 0.3 is 0 Å². The quantitative estimate of drug-likeness (QED) is 0.925. The fraction of sp³-hybridized carbons (Fsp3) is 0.500. The molecule has 0 aromatic heterocycles. The van der Waals surface area contributed by atoms with Crippen molar-refractivity contribution in [2.45, 2.75) is 19.1 Å². The average molecular weight is 303 g/mol. The zero-order valence-corrected chi connectivity index (χ0v) is 11.2. The first kappa shape index (κ1) is 12.7. The molecule has 0 spiro atoms. The van der Waals surface area contributed by atoms with Gasteiger partial charge in [0.25, 0.3) is 0 Å². The van der Waals surface area contributed by atoms with E-state index in [1.807, 2.05) is 6.07 Å². The third-order valence-corrected chi connectivity index (χ3v) is 3.23. The molecule has 1 heterocycles. The number of hydrogen-bond acceptors (Lipinski definition) is 4. The Hall–Kier alpha value is -0.780. The molecule has 1 aromatic rings. The predicted molar refractivity (Wildman–Crippen MR) is 66.5 cm³/mol. The van der Waals surface area contributed by atoms with Crippen LogP contribution in [-0.4, -0.2) is 31.5 Å². The highest BCUT2D eigenvalue weighted by Gasteiger charge is 2.21. The van der Waals surface area contributed by atoms with Crippen molar-refractivity contribution in [1.82, 2.24) is 0 Å². The lowest BCUT2D eigenvalue weighted by Gasteiger charge is -2.17. The van der Waals surface area contributed by atoms with Gasteiger partial charge in [-0.05, 0) is 33.6 Å². The second-order valence-electron chi connectivity index (χ2n) is 3.87. The monoisotopic (exact) mass is 302 g/mol. The third-order valence-electron chi connectivity index (χ3n) is 2.64. The summed E-state index contributed by atoms with van der Waals surface area (Å²) >= 11 is 3.43. The Morgan fingerprint density at radius 3 is 2.94 bits per heavy atom. The Morgan fingerprint density at radius 1 is 1.53 bits per heavy atom. The Labute approximate surface area is 109 Å². The molecule has 4 nitrogen and oxygen atoms in total. The van der Waals surface area contributed by atoms with Crippen LogP contribution in [0.5, 0.6) is 11.5 Å². The summed E-state index contributed by atoms with van der Waals surface area (Å²) < 4.78 is 17.2. The van der Waals surface area contributed by atoms with Gasteiger partial charge in [-0.2, -0.15) is 0 Å². The zero-order chi connectivity index (χ0) is 12.3. The molecule has 1 unspecified atom stereocenters. The highest BCUT2D eigenvalue weighted by atomic mass is 79.9. The van der Waals surface area contributed by atoms with E-state index in [0.717, 1.165) is 23.1 Å². The number of aliphatic hydroxyl groups is 1. The minimum absolute atomic E-state index is 0.0260. The Bertz CT molecular complexity index is 388. The standard InChI is InChI=1S/C12H15BrO4/c1-15-11-5-8(6-14)4-10(13)12(11)17-9-2-3-16-7-9/h4-5,9,14H,2-3,6-7H2,1H3. The molecule has 1 atom stereocenters. The number of methoxy groups -OCH3 is 1. The molecule has 1 aliphatic heterocycles. The maximum absolute atomic E-state index is 9.12. The molecular weight excluding hydrogens is 288 g/mol. The van der Waals surface area contributed by atoms with E-state index in [-0.39, 0.29) is 12.7 Å². The second kappa shape index (κ2) is 5.71. The maximum atomic E-state index is 9.12. The van der Waals surface area contributed by atoms with E-state index in [4.69, 9.17) is 19.3 Å². The van der Waals surface area contributed by atoms with Crippen LogP contribution in [0.3, 0.4) is 0 Å². The van der Waals surface area contributed by atoms with Crippen LogP contribution >= 0.6 is 15.9 Å². The molecule has 17 heavy (non-hydrogen) atoms. The number of aliphatic hydroxyl groups excluding tert-OH is 1. The molecule has 1 aromatic carbocycles. The minimum atomic E-state index is -0.0260. The molecule has 0 saturated carbocycles. The van der Waals surface area contributed by atoms with E-state index in [0.29, 0.717) is 18.1 Å². The van der Waals surface area contributed by atoms with E-state index >= 15 is 0 Å². The van der Waals surface area contributed by atoms with Gasteiger partial charge in [0.2, 0.25) is 0 Å². The van der Waals surface area contributed by atoms with Crippen molar-refractivity contribution in [3.8, 4) is 11.5 Å². The highest BCUT2D eigenvalue weighted by molar-refractivity contribution is 9.10. The van der Waals surface area contributed by atoms with Gasteiger partial charge in [-0.3, -0.25) is 0 Å². The summed E-state index contributed by atoms with van der Waals surface area (Å²) in [7, 11) is 1.58. The normalized spacial score (nSPS) is 19.4. The molecule has 0 amide bonds. The van der Waals surface area contributed by atoms with Crippen molar-refractivity contribution in [3.05, 3.63) is 22.2 Å². The summed E-state index contributed by atoms with van der Waals surface area (Å²) in [6.07, 6.45) is 0.956. The van der Waals surface area contributed by atoms with Gasteiger partial charge < -0.3 is 19.3 Å². The average Bonchev–Trinajstić information content (AvgIpc) is 2.84. The number of ether oxygens (including phenoxy) is 3. The third kappa shape index (κ3) is 2.91. The minimum Gasteiger partial charge on any atom is -0.493 e. The topological polar surface area (TPSA) is 47.9 Å². The zero-order valence-electron chi connectivity index (χ0n) is 9.61. The number of halogens is 1. The van der Waals surface area contributed by atoms with Gasteiger partial charge in [-0.25, -0.2) is 0 Å². The van der Waals surface area contributed by atoms with Crippen molar-refractivity contribution >= 4 is 15.9 Å². The first-order valence-electron chi connectivity index (χ1n) is 5.46. The Balaban J connectivity index is 2.24. The van der Waals surface area contributed by atoms with E-state index in [1.165, 1.54) is 0 Å². The van der Waals surface area contributed by atoms with Gasteiger partial charge in [-0.15, -0.1) is 0 Å². The molecule has 5 heteroatoms. The predicted octanol–water partition coefficient (Wildman–Crippen LogP) is 2.12. The molecule has 2 rings (SSSR count). The van der Waals surface area contributed by atoms with Crippen LogP contribution in [-0.2, 0) is 11.3 Å². The summed E-state index contributed by atoms with van der Waals surface area (Å²) in [6.45, 7) is 1.32. The van der Waals surface area contributed by atoms with E-state index in [9.17, 15) is 0 Å². The van der Waals surface area contributed by atoms with Crippen molar-refractivity contribution in [1.29, 1.82) is 0 Å². The molecule has 0 radical (unpaired) electrons. The van der Waals surface area contributed by atoms with Crippen LogP contribution in [0.25, 0.3) is 0 Å². The highest BCUT2D eigenvalue weighted by Crippen LogP contribution is 2.38. The fourth-order valence-corrected chi connectivity index (χ4v) is 2.33. The van der Waals surface area contributed by atoms with Crippen LogP contribution in [0.1, 0.15) is 12.0 Å². The van der Waals surface area contributed by atoms with E-state index < -0.39 is 0 Å². The smallest absolute Gasteiger partial charge is 0.175 e. The lowest BCUT2D eigenvalue weighted by molar-refractivity contribution is 0.138. The summed E-state index contributed by atoms with van der Waals surface area (Å²) in [5.74, 6) is 1.29. The molecule has 94 valence electrons. The Kier molecular flexibility index (Phi) is 4.25. The van der Waals surface area contributed by atoms with Crippen LogP contribution in [0.4, 0.5) is 0 Å². The van der Waals surface area contributed by atoms with Crippen LogP contribution in [0.15, 0.2) is 16.6 Å². The molecule has 0 bridgehead atoms. The van der Waals surface area contributed by atoms with Crippen LogP contribution in [0.2, 0.25) is 0 Å². The van der Waals surface area contributed by atoms with Crippen LogP contribution < -0.4 is 9.47 Å². The number of benzene rings is 1. The van der Waals surface area contributed by atoms with Gasteiger partial charge in [-0.1, -0.05) is 0 Å². The van der Waals surface area contributed by atoms with E-state index in [2.05, 4.69) is 15.9 Å². The summed E-state index contributed by atoms with van der Waals surface area (Å²) in [5.41, 5.74) is 0.781. The number of hydrogen-bond donors (Lipinski definition) is 1. The first-order valence-corrected chi connectivity index (χ1v) is 6.25. The van der Waals surface area contributed by atoms with Crippen molar-refractivity contribution in [2.24, 2.45) is 0 Å². The van der Waals surface area contributed by atoms with Gasteiger partial charge in [0.05, 0.1) is 31.4 Å². The maximum Gasteiger partial charge on any atom is 0.175 e. The molecule has 1 aliphatic rings. The fourth-order valence-electron chi connectivity index (χ4n) is 1.75. The van der Waals surface area contributed by atoms with Crippen LogP contribution in [0, 0.1) is 0 Å². The molecular formula is C12H15BrO4. The number of rotatable bonds is 4. The van der Waals surface area contributed by atoms with Gasteiger partial charge in [0.15, 0.2) is 11.5 Å². The van der Waals surface area contributed by atoms with Gasteiger partial charge in [0, 0.05) is 6.42 Å². The lowest BCUT2D eigenvalue weighted by atomic mass is 10.2. The van der Waals surface area contributed by atoms with Crippen molar-refractivity contribution in [2.75, 3.05) is 20.3 Å². The summed E-state index contributed by atoms with van der Waals surface area (Å²) in [4.78, 5) is 0. The second-order valence-corrected chi connectivity index (χ2v) is 4.72. The van der Waals surface area contributed by atoms with Gasteiger partial charge in [0.1, 0.15) is 6.10 Å². The largest absolute Gasteiger partial charge is 0.493 e. The molecule has 0 aliphatic carbocycles. The van der Waals surface area contributed by atoms with E-state index in [1.54, 1.807) is 13.2 Å². The first-order chi connectivity index (χ1) is 8.24. The van der Waals surface area contributed by atoms with Crippen molar-refractivity contribution in [3.63, 3.8) is 0 Å².